The zero-order valence-electron chi connectivity index (χ0n) is 17.5. The first-order chi connectivity index (χ1) is 13.7. The topological polar surface area (TPSA) is 67.9 Å². The van der Waals surface area contributed by atoms with Gasteiger partial charge in [-0.25, -0.2) is 4.79 Å². The Labute approximate surface area is 171 Å². The molecule has 0 saturated carbocycles. The number of fused-ring (bicyclic) bond motifs is 1. The van der Waals surface area contributed by atoms with E-state index in [1.165, 1.54) is 0 Å². The lowest BCUT2D eigenvalue weighted by molar-refractivity contribution is -0.122. The summed E-state index contributed by atoms with van der Waals surface area (Å²) >= 11 is 0. The molecule has 6 nitrogen and oxygen atoms in total. The fourth-order valence-electron chi connectivity index (χ4n) is 3.37. The second-order valence-corrected chi connectivity index (χ2v) is 8.34. The van der Waals surface area contributed by atoms with Gasteiger partial charge in [0.05, 0.1) is 5.69 Å². The number of rotatable bonds is 3. The molecule has 29 heavy (non-hydrogen) atoms. The molecule has 1 heterocycles. The van der Waals surface area contributed by atoms with Crippen LogP contribution in [0, 0.1) is 0 Å². The number of ether oxygens (including phenoxy) is 2. The first kappa shape index (κ1) is 20.7. The molecule has 0 saturated heterocycles. The van der Waals surface area contributed by atoms with Gasteiger partial charge in [-0.15, -0.1) is 0 Å². The number of nitrogens with one attached hydrogen (secondary N) is 1. The smallest absolute Gasteiger partial charge is 0.408 e. The van der Waals surface area contributed by atoms with E-state index in [2.05, 4.69) is 5.32 Å². The molecular weight excluding hydrogens is 368 g/mol. The second kappa shape index (κ2) is 8.15. The van der Waals surface area contributed by atoms with Crippen molar-refractivity contribution in [1.29, 1.82) is 0 Å². The van der Waals surface area contributed by atoms with E-state index in [1.807, 2.05) is 68.4 Å². The average Bonchev–Trinajstić information content (AvgIpc) is 2.76. The van der Waals surface area contributed by atoms with Crippen molar-refractivity contribution in [2.45, 2.75) is 58.4 Å². The van der Waals surface area contributed by atoms with Crippen molar-refractivity contribution in [1.82, 2.24) is 5.32 Å². The molecule has 0 bridgehead atoms. The van der Waals surface area contributed by atoms with Crippen LogP contribution in [-0.2, 0) is 9.53 Å². The van der Waals surface area contributed by atoms with Crippen LogP contribution in [0.1, 0.15) is 46.3 Å². The van der Waals surface area contributed by atoms with Gasteiger partial charge in [0.1, 0.15) is 11.4 Å². The van der Waals surface area contributed by atoms with E-state index in [4.69, 9.17) is 9.47 Å². The van der Waals surface area contributed by atoms with Crippen LogP contribution in [0.3, 0.4) is 0 Å². The quantitative estimate of drug-likeness (QED) is 0.832. The second-order valence-electron chi connectivity index (χ2n) is 8.34. The van der Waals surface area contributed by atoms with Gasteiger partial charge in [0.15, 0.2) is 12.1 Å². The number of carbonyl (C=O) groups excluding carboxylic acids is 2. The predicted molar refractivity (Wildman–Crippen MR) is 112 cm³/mol. The van der Waals surface area contributed by atoms with Crippen LogP contribution in [0.4, 0.5) is 10.5 Å². The van der Waals surface area contributed by atoms with Crippen molar-refractivity contribution in [3.8, 4) is 5.75 Å². The summed E-state index contributed by atoms with van der Waals surface area (Å²) in [4.78, 5) is 27.8. The van der Waals surface area contributed by atoms with Crippen molar-refractivity contribution >= 4 is 17.7 Å². The standard InChI is InChI=1S/C23H28N2O4/c1-15(2)25-17-13-9-10-14-18(17)28-20(16-11-7-6-8-12-16)19(21(25)26)24-22(27)29-23(3,4)5/h6-15,19-20H,1-5H3,(H,24,27)/t19-,20+/m0/s1. The summed E-state index contributed by atoms with van der Waals surface area (Å²) in [5, 5.41) is 2.76. The molecule has 2 aromatic carbocycles. The summed E-state index contributed by atoms with van der Waals surface area (Å²) in [6.07, 6.45) is -1.35. The molecule has 1 N–H and O–H groups in total. The number of alkyl carbamates (subject to hydrolysis) is 1. The van der Waals surface area contributed by atoms with Crippen molar-refractivity contribution in [3.63, 3.8) is 0 Å². The zero-order valence-corrected chi connectivity index (χ0v) is 17.5. The Bertz CT molecular complexity index is 874. The number of carbonyl (C=O) groups is 2. The molecule has 0 fully saturated rings. The lowest BCUT2D eigenvalue weighted by Crippen LogP contribution is -2.54. The van der Waals surface area contributed by atoms with Crippen molar-refractivity contribution in [3.05, 3.63) is 60.2 Å². The number of nitrogens with zero attached hydrogens (tertiary/aromatic N) is 1. The van der Waals surface area contributed by atoms with Gasteiger partial charge in [-0.3, -0.25) is 4.79 Å². The Hall–Kier alpha value is -3.02. The van der Waals surface area contributed by atoms with Crippen LogP contribution in [0.15, 0.2) is 54.6 Å². The van der Waals surface area contributed by atoms with Gasteiger partial charge in [0, 0.05) is 6.04 Å². The van der Waals surface area contributed by atoms with Gasteiger partial charge in [0.25, 0.3) is 5.91 Å². The van der Waals surface area contributed by atoms with E-state index in [-0.39, 0.29) is 11.9 Å². The van der Waals surface area contributed by atoms with Gasteiger partial charge in [-0.1, -0.05) is 42.5 Å². The van der Waals surface area contributed by atoms with E-state index in [9.17, 15) is 9.59 Å². The summed E-state index contributed by atoms with van der Waals surface area (Å²) in [6.45, 7) is 9.21. The van der Waals surface area contributed by atoms with Crippen LogP contribution in [0.5, 0.6) is 5.75 Å². The maximum atomic E-state index is 13.6. The molecule has 1 aliphatic heterocycles. The lowest BCUT2D eigenvalue weighted by Gasteiger charge is -2.31. The Balaban J connectivity index is 2.06. The van der Waals surface area contributed by atoms with Gasteiger partial charge >= 0.3 is 6.09 Å². The molecule has 6 heteroatoms. The number of amides is 2. The molecular formula is C23H28N2O4. The maximum Gasteiger partial charge on any atom is 0.408 e. The van der Waals surface area contributed by atoms with Gasteiger partial charge in [-0.2, -0.15) is 0 Å². The Kier molecular flexibility index (Phi) is 5.82. The van der Waals surface area contributed by atoms with Crippen LogP contribution in [-0.4, -0.2) is 29.7 Å². The molecule has 0 spiro atoms. The molecule has 0 radical (unpaired) electrons. The van der Waals surface area contributed by atoms with Gasteiger partial charge < -0.3 is 19.7 Å². The average molecular weight is 396 g/mol. The summed E-state index contributed by atoms with van der Waals surface area (Å²) in [6, 6.07) is 15.8. The SMILES string of the molecule is CC(C)N1C(=O)[C@@H](NC(=O)OC(C)(C)C)[C@@H](c2ccccc2)Oc2ccccc21. The highest BCUT2D eigenvalue weighted by Crippen LogP contribution is 2.38. The van der Waals surface area contributed by atoms with Crippen molar-refractivity contribution in [2.75, 3.05) is 4.90 Å². The summed E-state index contributed by atoms with van der Waals surface area (Å²) in [5.74, 6) is 0.349. The minimum Gasteiger partial charge on any atom is -0.481 e. The number of para-hydroxylation sites is 2. The minimum atomic E-state index is -0.943. The third kappa shape index (κ3) is 4.70. The molecule has 2 atom stereocenters. The predicted octanol–water partition coefficient (Wildman–Crippen LogP) is 4.46. The fraction of sp³-hybridized carbons (Fsp3) is 0.391. The molecule has 0 aliphatic carbocycles. The highest BCUT2D eigenvalue weighted by atomic mass is 16.6. The first-order valence-electron chi connectivity index (χ1n) is 9.80. The fourth-order valence-corrected chi connectivity index (χ4v) is 3.37. The third-order valence-corrected chi connectivity index (χ3v) is 4.50. The molecule has 1 aliphatic rings. The summed E-state index contributed by atoms with van der Waals surface area (Å²) in [5.41, 5.74) is 0.797. The van der Waals surface area contributed by atoms with Crippen molar-refractivity contribution in [2.24, 2.45) is 0 Å². The van der Waals surface area contributed by atoms with Gasteiger partial charge in [0.2, 0.25) is 0 Å². The normalized spacial score (nSPS) is 19.2. The molecule has 154 valence electrons. The number of benzene rings is 2. The Morgan fingerprint density at radius 1 is 1.07 bits per heavy atom. The Morgan fingerprint density at radius 2 is 1.69 bits per heavy atom. The van der Waals surface area contributed by atoms with Crippen molar-refractivity contribution < 1.29 is 19.1 Å². The van der Waals surface area contributed by atoms with Gasteiger partial charge in [-0.05, 0) is 52.3 Å². The maximum absolute atomic E-state index is 13.6. The lowest BCUT2D eigenvalue weighted by atomic mass is 10.0. The zero-order chi connectivity index (χ0) is 21.2. The third-order valence-electron chi connectivity index (χ3n) is 4.50. The van der Waals surface area contributed by atoms with E-state index in [1.54, 1.807) is 25.7 Å². The molecule has 3 rings (SSSR count). The van der Waals surface area contributed by atoms with Crippen LogP contribution >= 0.6 is 0 Å². The number of hydrogen-bond acceptors (Lipinski definition) is 4. The van der Waals surface area contributed by atoms with E-state index in [0.717, 1.165) is 5.56 Å². The van der Waals surface area contributed by atoms with Crippen LogP contribution < -0.4 is 15.0 Å². The summed E-state index contributed by atoms with van der Waals surface area (Å²) < 4.78 is 11.7. The highest BCUT2D eigenvalue weighted by Gasteiger charge is 2.41. The molecule has 2 aromatic rings. The molecule has 0 aromatic heterocycles. The summed E-state index contributed by atoms with van der Waals surface area (Å²) in [7, 11) is 0. The Morgan fingerprint density at radius 3 is 2.31 bits per heavy atom. The largest absolute Gasteiger partial charge is 0.481 e. The van der Waals surface area contributed by atoms with Crippen LogP contribution in [0.25, 0.3) is 0 Å². The number of anilines is 1. The monoisotopic (exact) mass is 396 g/mol. The van der Waals surface area contributed by atoms with E-state index < -0.39 is 23.8 Å². The minimum absolute atomic E-state index is 0.121. The van der Waals surface area contributed by atoms with Crippen LogP contribution in [0.2, 0.25) is 0 Å². The van der Waals surface area contributed by atoms with E-state index in [0.29, 0.717) is 11.4 Å². The highest BCUT2D eigenvalue weighted by molar-refractivity contribution is 6.01. The first-order valence-corrected chi connectivity index (χ1v) is 9.80. The number of hydrogen-bond donors (Lipinski definition) is 1. The molecule has 0 unspecified atom stereocenters. The molecule has 2 amide bonds. The van der Waals surface area contributed by atoms with E-state index >= 15 is 0 Å².